The third-order valence-electron chi connectivity index (χ3n) is 7.23. The molecule has 5 rings (SSSR count). The first-order valence-electron chi connectivity index (χ1n) is 12.4. The molecule has 1 saturated carbocycles. The topological polar surface area (TPSA) is 82.1 Å². The number of nitrogens with zero attached hydrogens (tertiary/aromatic N) is 4. The summed E-state index contributed by atoms with van der Waals surface area (Å²) in [5, 5.41) is 18.3. The summed E-state index contributed by atoms with van der Waals surface area (Å²) in [6.45, 7) is 5.88. The van der Waals surface area contributed by atoms with E-state index in [1.165, 1.54) is 9.58 Å². The Hall–Kier alpha value is -3.74. The zero-order valence-electron chi connectivity index (χ0n) is 20.5. The van der Waals surface area contributed by atoms with Crippen LogP contribution in [0.25, 0.3) is 17.0 Å². The van der Waals surface area contributed by atoms with Crippen molar-refractivity contribution in [1.82, 2.24) is 14.7 Å². The van der Waals surface area contributed by atoms with Crippen molar-refractivity contribution in [3.05, 3.63) is 71.2 Å². The highest BCUT2D eigenvalue weighted by atomic mass is 16.3. The van der Waals surface area contributed by atoms with Crippen LogP contribution in [-0.4, -0.2) is 32.5 Å². The zero-order valence-corrected chi connectivity index (χ0v) is 20.5. The summed E-state index contributed by atoms with van der Waals surface area (Å²) in [6, 6.07) is 10.9. The smallest absolute Gasteiger partial charge is 0.327 e. The van der Waals surface area contributed by atoms with Crippen molar-refractivity contribution in [2.24, 2.45) is 0 Å². The maximum atomic E-state index is 14.0. The van der Waals surface area contributed by atoms with Gasteiger partial charge in [-0.1, -0.05) is 44.4 Å². The molecule has 2 aliphatic rings. The van der Waals surface area contributed by atoms with E-state index in [2.05, 4.69) is 5.10 Å². The zero-order chi connectivity index (χ0) is 24.7. The highest BCUT2D eigenvalue weighted by molar-refractivity contribution is 6.45. The lowest BCUT2D eigenvalue weighted by Gasteiger charge is -2.29. The van der Waals surface area contributed by atoms with Gasteiger partial charge >= 0.3 is 5.91 Å². The van der Waals surface area contributed by atoms with Gasteiger partial charge in [-0.2, -0.15) is 9.67 Å². The lowest BCUT2D eigenvalue weighted by Crippen LogP contribution is -2.45. The molecule has 0 spiro atoms. The van der Waals surface area contributed by atoms with Crippen LogP contribution in [0.15, 0.2) is 48.8 Å². The molecular weight excluding hydrogens is 440 g/mol. The molecule has 0 radical (unpaired) electrons. The number of carbonyl (C=O) groups excluding carboxylic acids is 2. The SMILES string of the molecule is CCc1nn(-c2ccccc2)c([O-])c1C1=C([n+]2ccc(C)c(C)c2)C(=O)N(C2CCCCC2)C1=O. The maximum absolute atomic E-state index is 14.0. The number of para-hydroxylation sites is 1. The average Bonchev–Trinajstić information content (AvgIpc) is 3.33. The predicted molar refractivity (Wildman–Crippen MR) is 130 cm³/mol. The number of aryl methyl sites for hydroxylation is 3. The van der Waals surface area contributed by atoms with Gasteiger partial charge in [0.1, 0.15) is 5.57 Å². The molecule has 3 aromatic rings. The van der Waals surface area contributed by atoms with Gasteiger partial charge in [0.25, 0.3) is 11.6 Å². The number of benzene rings is 1. The van der Waals surface area contributed by atoms with Gasteiger partial charge in [-0.05, 0) is 56.7 Å². The largest absolute Gasteiger partial charge is 0.858 e. The van der Waals surface area contributed by atoms with Gasteiger partial charge in [-0.3, -0.25) is 14.5 Å². The molecule has 1 aliphatic heterocycles. The number of carbonyl (C=O) groups is 2. The van der Waals surface area contributed by atoms with Crippen LogP contribution < -0.4 is 9.67 Å². The molecule has 7 nitrogen and oxygen atoms in total. The first kappa shape index (κ1) is 23.0. The van der Waals surface area contributed by atoms with Crippen molar-refractivity contribution < 1.29 is 19.3 Å². The third kappa shape index (κ3) is 3.85. The van der Waals surface area contributed by atoms with Gasteiger partial charge in [0, 0.05) is 23.2 Å². The fourth-order valence-corrected chi connectivity index (χ4v) is 5.18. The summed E-state index contributed by atoms with van der Waals surface area (Å²) < 4.78 is 3.05. The second-order valence-corrected chi connectivity index (χ2v) is 9.44. The Morgan fingerprint density at radius 1 is 1.00 bits per heavy atom. The summed E-state index contributed by atoms with van der Waals surface area (Å²) in [7, 11) is 0. The van der Waals surface area contributed by atoms with E-state index in [1.54, 1.807) is 22.9 Å². The van der Waals surface area contributed by atoms with Crippen LogP contribution in [0, 0.1) is 13.8 Å². The van der Waals surface area contributed by atoms with Crippen LogP contribution in [0.4, 0.5) is 0 Å². The number of aromatic nitrogens is 3. The number of hydrogen-bond acceptors (Lipinski definition) is 4. The standard InChI is InChI=1S/C28H30N4O3/c1-4-22-23(27(34)32(29-22)21-13-9-6-10-14-21)24-25(30-16-15-18(2)19(3)17-30)28(35)31(26(24)33)20-11-7-5-8-12-20/h6,9-10,13-17,20H,4-5,7-8,11-12H2,1-3H3. The molecule has 3 heterocycles. The molecule has 35 heavy (non-hydrogen) atoms. The van der Waals surface area contributed by atoms with Crippen LogP contribution in [0.2, 0.25) is 0 Å². The number of amides is 2. The van der Waals surface area contributed by atoms with E-state index in [4.69, 9.17) is 0 Å². The first-order valence-corrected chi connectivity index (χ1v) is 12.4. The quantitative estimate of drug-likeness (QED) is 0.422. The van der Waals surface area contributed by atoms with E-state index in [1.807, 2.05) is 51.2 Å². The molecule has 0 atom stereocenters. The molecule has 0 bridgehead atoms. The molecule has 0 N–H and O–H groups in total. The Balaban J connectivity index is 1.74. The number of imide groups is 1. The molecule has 2 amide bonds. The van der Waals surface area contributed by atoms with Crippen molar-refractivity contribution >= 4 is 23.1 Å². The van der Waals surface area contributed by atoms with E-state index < -0.39 is 0 Å². The van der Waals surface area contributed by atoms with Gasteiger partial charge in [0.15, 0.2) is 12.4 Å². The number of rotatable bonds is 5. The molecular formula is C28H30N4O3. The van der Waals surface area contributed by atoms with Crippen molar-refractivity contribution in [3.63, 3.8) is 0 Å². The van der Waals surface area contributed by atoms with Gasteiger partial charge in [0.05, 0.1) is 11.4 Å². The number of hydrogen-bond donors (Lipinski definition) is 0. The molecule has 1 aliphatic carbocycles. The van der Waals surface area contributed by atoms with Crippen LogP contribution in [0.1, 0.15) is 61.4 Å². The van der Waals surface area contributed by atoms with Crippen molar-refractivity contribution in [2.45, 2.75) is 65.3 Å². The Labute approximate surface area is 205 Å². The molecule has 1 aromatic carbocycles. The Kier molecular flexibility index (Phi) is 6.01. The summed E-state index contributed by atoms with van der Waals surface area (Å²) in [6.07, 6.45) is 8.80. The van der Waals surface area contributed by atoms with Crippen molar-refractivity contribution in [1.29, 1.82) is 0 Å². The minimum atomic E-state index is -0.387. The Morgan fingerprint density at radius 3 is 2.37 bits per heavy atom. The third-order valence-corrected chi connectivity index (χ3v) is 7.23. The molecule has 7 heteroatoms. The number of pyridine rings is 1. The van der Waals surface area contributed by atoms with Crippen LogP contribution >= 0.6 is 0 Å². The fourth-order valence-electron chi connectivity index (χ4n) is 5.18. The predicted octanol–water partition coefficient (Wildman–Crippen LogP) is 3.48. The fraction of sp³-hybridized carbons (Fsp3) is 0.357. The van der Waals surface area contributed by atoms with Crippen LogP contribution in [0.3, 0.4) is 0 Å². The van der Waals surface area contributed by atoms with Gasteiger partial charge in [-0.25, -0.2) is 4.68 Å². The minimum absolute atomic E-state index is 0.146. The average molecular weight is 471 g/mol. The van der Waals surface area contributed by atoms with Crippen molar-refractivity contribution in [2.75, 3.05) is 0 Å². The monoisotopic (exact) mass is 470 g/mol. The molecule has 1 fully saturated rings. The van der Waals surface area contributed by atoms with Crippen molar-refractivity contribution in [3.8, 4) is 11.6 Å². The summed E-state index contributed by atoms with van der Waals surface area (Å²) in [4.78, 5) is 29.3. The highest BCUT2D eigenvalue weighted by Crippen LogP contribution is 2.39. The summed E-state index contributed by atoms with van der Waals surface area (Å²) >= 11 is 0. The maximum Gasteiger partial charge on any atom is 0.327 e. The van der Waals surface area contributed by atoms with Gasteiger partial charge < -0.3 is 5.11 Å². The lowest BCUT2D eigenvalue weighted by molar-refractivity contribution is -0.577. The second-order valence-electron chi connectivity index (χ2n) is 9.44. The summed E-state index contributed by atoms with van der Waals surface area (Å²) in [5.74, 6) is -1.10. The van der Waals surface area contributed by atoms with E-state index in [0.717, 1.165) is 43.2 Å². The second kappa shape index (κ2) is 9.13. The first-order chi connectivity index (χ1) is 16.9. The van der Waals surface area contributed by atoms with Gasteiger partial charge in [-0.15, -0.1) is 0 Å². The molecule has 2 aromatic heterocycles. The van der Waals surface area contributed by atoms with Crippen LogP contribution in [-0.2, 0) is 16.0 Å². The van der Waals surface area contributed by atoms with E-state index in [-0.39, 0.29) is 40.6 Å². The minimum Gasteiger partial charge on any atom is -0.858 e. The summed E-state index contributed by atoms with van der Waals surface area (Å²) in [5.41, 5.74) is 3.85. The highest BCUT2D eigenvalue weighted by Gasteiger charge is 2.49. The Morgan fingerprint density at radius 2 is 1.71 bits per heavy atom. The van der Waals surface area contributed by atoms with E-state index in [9.17, 15) is 14.7 Å². The van der Waals surface area contributed by atoms with E-state index in [0.29, 0.717) is 17.8 Å². The molecule has 0 unspecified atom stereocenters. The molecule has 180 valence electrons. The normalized spacial score (nSPS) is 17.1. The Bertz CT molecular complexity index is 1330. The van der Waals surface area contributed by atoms with Gasteiger partial charge in [0.2, 0.25) is 0 Å². The lowest BCUT2D eigenvalue weighted by atomic mass is 9.94. The van der Waals surface area contributed by atoms with E-state index >= 15 is 0 Å². The molecule has 0 saturated heterocycles. The van der Waals surface area contributed by atoms with Crippen LogP contribution in [0.5, 0.6) is 5.88 Å².